The topological polar surface area (TPSA) is 38.7 Å². The Morgan fingerprint density at radius 1 is 0.720 bits per heavy atom. The van der Waals surface area contributed by atoms with Gasteiger partial charge in [0.2, 0.25) is 5.90 Å². The maximum Gasteiger partial charge on any atom is 0.363 e. The molecule has 0 spiro atoms. The van der Waals surface area contributed by atoms with E-state index >= 15 is 0 Å². The van der Waals surface area contributed by atoms with Crippen LogP contribution in [0, 0.1) is 0 Å². The maximum absolute atomic E-state index is 12.1. The van der Waals surface area contributed by atoms with E-state index < -0.39 is 5.97 Å². The Labute approximate surface area is 145 Å². The van der Waals surface area contributed by atoms with Gasteiger partial charge in [0.05, 0.1) is 0 Å². The molecule has 0 bridgehead atoms. The summed E-state index contributed by atoms with van der Waals surface area (Å²) in [7, 11) is 0. The van der Waals surface area contributed by atoms with Crippen LogP contribution >= 0.6 is 0 Å². The zero-order valence-corrected chi connectivity index (χ0v) is 13.4. The third kappa shape index (κ3) is 3.26. The third-order valence-corrected chi connectivity index (χ3v) is 3.94. The summed E-state index contributed by atoms with van der Waals surface area (Å²) < 4.78 is 5.29. The van der Waals surface area contributed by atoms with Crippen molar-refractivity contribution in [2.75, 3.05) is 0 Å². The number of ether oxygens (including phenoxy) is 1. The molecule has 0 aromatic heterocycles. The quantitative estimate of drug-likeness (QED) is 0.517. The van der Waals surface area contributed by atoms with Crippen LogP contribution in [0.3, 0.4) is 0 Å². The molecule has 0 fully saturated rings. The van der Waals surface area contributed by atoms with E-state index in [4.69, 9.17) is 4.74 Å². The Balaban J connectivity index is 1.67. The lowest BCUT2D eigenvalue weighted by molar-refractivity contribution is -0.129. The van der Waals surface area contributed by atoms with E-state index in [0.717, 1.165) is 22.3 Å². The summed E-state index contributed by atoms with van der Waals surface area (Å²) in [5.74, 6) is -0.0833. The van der Waals surface area contributed by atoms with E-state index in [2.05, 4.69) is 17.1 Å². The summed E-state index contributed by atoms with van der Waals surface area (Å²) in [6.07, 6.45) is 1.75. The summed E-state index contributed by atoms with van der Waals surface area (Å²) >= 11 is 0. The SMILES string of the molecule is O=C1OC(c2ccccc2)=N/C1=C\c1cccc(-c2ccccc2)c1. The van der Waals surface area contributed by atoms with Crippen LogP contribution in [0.1, 0.15) is 11.1 Å². The van der Waals surface area contributed by atoms with Crippen LogP contribution in [0.25, 0.3) is 17.2 Å². The van der Waals surface area contributed by atoms with Gasteiger partial charge in [-0.05, 0) is 41.0 Å². The molecule has 4 rings (SSSR count). The number of hydrogen-bond donors (Lipinski definition) is 0. The fourth-order valence-electron chi connectivity index (χ4n) is 2.71. The van der Waals surface area contributed by atoms with Crippen molar-refractivity contribution in [3.05, 3.63) is 102 Å². The highest BCUT2D eigenvalue weighted by molar-refractivity contribution is 6.12. The van der Waals surface area contributed by atoms with Crippen LogP contribution in [0.15, 0.2) is 95.6 Å². The molecule has 0 atom stereocenters. The Hall–Kier alpha value is -3.46. The molecule has 0 unspecified atom stereocenters. The van der Waals surface area contributed by atoms with Crippen molar-refractivity contribution in [1.82, 2.24) is 0 Å². The minimum Gasteiger partial charge on any atom is -0.402 e. The summed E-state index contributed by atoms with van der Waals surface area (Å²) in [6, 6.07) is 27.5. The van der Waals surface area contributed by atoms with Gasteiger partial charge in [0.25, 0.3) is 0 Å². The third-order valence-electron chi connectivity index (χ3n) is 3.94. The Morgan fingerprint density at radius 3 is 2.08 bits per heavy atom. The number of hydrogen-bond acceptors (Lipinski definition) is 3. The van der Waals surface area contributed by atoms with Gasteiger partial charge in [-0.25, -0.2) is 9.79 Å². The van der Waals surface area contributed by atoms with E-state index in [1.54, 1.807) is 6.08 Å². The van der Waals surface area contributed by atoms with Gasteiger partial charge in [-0.2, -0.15) is 0 Å². The number of benzene rings is 3. The van der Waals surface area contributed by atoms with Crippen molar-refractivity contribution in [3.63, 3.8) is 0 Å². The number of esters is 1. The fourth-order valence-corrected chi connectivity index (χ4v) is 2.71. The van der Waals surface area contributed by atoms with Gasteiger partial charge in [0, 0.05) is 5.56 Å². The Bertz CT molecular complexity index is 973. The smallest absolute Gasteiger partial charge is 0.363 e. The normalized spacial score (nSPS) is 15.1. The molecule has 0 radical (unpaired) electrons. The van der Waals surface area contributed by atoms with Gasteiger partial charge in [-0.1, -0.05) is 66.7 Å². The number of carbonyl (C=O) groups is 1. The van der Waals surface area contributed by atoms with Crippen molar-refractivity contribution >= 4 is 17.9 Å². The molecule has 3 aromatic rings. The second kappa shape index (κ2) is 6.57. The Morgan fingerprint density at radius 2 is 1.36 bits per heavy atom. The van der Waals surface area contributed by atoms with Crippen LogP contribution in [-0.2, 0) is 9.53 Å². The van der Waals surface area contributed by atoms with Gasteiger partial charge >= 0.3 is 5.97 Å². The molecule has 3 aromatic carbocycles. The van der Waals surface area contributed by atoms with Crippen LogP contribution in [0.4, 0.5) is 0 Å². The first-order valence-electron chi connectivity index (χ1n) is 8.03. The van der Waals surface area contributed by atoms with E-state index in [1.807, 2.05) is 72.8 Å². The lowest BCUT2D eigenvalue weighted by Gasteiger charge is -2.02. The lowest BCUT2D eigenvalue weighted by atomic mass is 10.0. The average Bonchev–Trinajstić information content (AvgIpc) is 3.04. The second-order valence-corrected chi connectivity index (χ2v) is 5.69. The first-order valence-corrected chi connectivity index (χ1v) is 8.03. The number of nitrogens with zero attached hydrogens (tertiary/aromatic N) is 1. The molecule has 0 saturated heterocycles. The Kier molecular flexibility index (Phi) is 3.97. The monoisotopic (exact) mass is 325 g/mol. The van der Waals surface area contributed by atoms with Gasteiger partial charge in [-0.15, -0.1) is 0 Å². The molecule has 120 valence electrons. The highest BCUT2D eigenvalue weighted by Crippen LogP contribution is 2.23. The molecule has 25 heavy (non-hydrogen) atoms. The van der Waals surface area contributed by atoms with E-state index in [0.29, 0.717) is 11.6 Å². The van der Waals surface area contributed by atoms with Gasteiger partial charge < -0.3 is 4.74 Å². The molecular weight excluding hydrogens is 310 g/mol. The second-order valence-electron chi connectivity index (χ2n) is 5.69. The molecule has 0 aliphatic carbocycles. The summed E-state index contributed by atoms with van der Waals surface area (Å²) in [5.41, 5.74) is 4.23. The van der Waals surface area contributed by atoms with Crippen molar-refractivity contribution in [2.45, 2.75) is 0 Å². The summed E-state index contributed by atoms with van der Waals surface area (Å²) in [6.45, 7) is 0. The van der Waals surface area contributed by atoms with Crippen molar-refractivity contribution in [3.8, 4) is 11.1 Å². The molecular formula is C22H15NO2. The molecule has 0 N–H and O–H groups in total. The predicted molar refractivity (Wildman–Crippen MR) is 98.9 cm³/mol. The minimum absolute atomic E-state index is 0.309. The van der Waals surface area contributed by atoms with Crippen LogP contribution in [-0.4, -0.2) is 11.9 Å². The molecule has 1 heterocycles. The van der Waals surface area contributed by atoms with Crippen LogP contribution in [0.5, 0.6) is 0 Å². The summed E-state index contributed by atoms with van der Waals surface area (Å²) in [4.78, 5) is 16.5. The number of rotatable bonds is 3. The van der Waals surface area contributed by atoms with Crippen LogP contribution in [0.2, 0.25) is 0 Å². The molecule has 0 amide bonds. The van der Waals surface area contributed by atoms with Crippen LogP contribution < -0.4 is 0 Å². The van der Waals surface area contributed by atoms with Gasteiger partial charge in [0.15, 0.2) is 5.70 Å². The average molecular weight is 325 g/mol. The van der Waals surface area contributed by atoms with Crippen molar-refractivity contribution in [1.29, 1.82) is 0 Å². The van der Waals surface area contributed by atoms with E-state index in [1.165, 1.54) is 0 Å². The molecule has 1 aliphatic rings. The van der Waals surface area contributed by atoms with Gasteiger partial charge in [0.1, 0.15) is 0 Å². The van der Waals surface area contributed by atoms with E-state index in [9.17, 15) is 4.79 Å². The maximum atomic E-state index is 12.1. The number of cyclic esters (lactones) is 1. The summed E-state index contributed by atoms with van der Waals surface area (Å²) in [5, 5.41) is 0. The first kappa shape index (κ1) is 15.1. The predicted octanol–water partition coefficient (Wildman–Crippen LogP) is 4.70. The highest BCUT2D eigenvalue weighted by Gasteiger charge is 2.23. The standard InChI is InChI=1S/C22H15NO2/c24-22-20(23-21(25-22)18-11-5-2-6-12-18)15-16-8-7-13-19(14-16)17-9-3-1-4-10-17/h1-15H/b20-15-. The van der Waals surface area contributed by atoms with Gasteiger partial charge in [-0.3, -0.25) is 0 Å². The number of carbonyl (C=O) groups excluding carboxylic acids is 1. The lowest BCUT2D eigenvalue weighted by Crippen LogP contribution is -2.04. The van der Waals surface area contributed by atoms with E-state index in [-0.39, 0.29) is 0 Å². The highest BCUT2D eigenvalue weighted by atomic mass is 16.6. The first-order chi connectivity index (χ1) is 12.3. The van der Waals surface area contributed by atoms with Crippen molar-refractivity contribution in [2.24, 2.45) is 4.99 Å². The zero-order chi connectivity index (χ0) is 17.1. The molecule has 1 aliphatic heterocycles. The molecule has 3 nitrogen and oxygen atoms in total. The minimum atomic E-state index is -0.427. The fraction of sp³-hybridized carbons (Fsp3) is 0. The number of aliphatic imine (C=N–C) groups is 1. The molecule has 3 heteroatoms. The largest absolute Gasteiger partial charge is 0.402 e. The van der Waals surface area contributed by atoms with Crippen molar-refractivity contribution < 1.29 is 9.53 Å². The zero-order valence-electron chi connectivity index (χ0n) is 13.4. The molecule has 0 saturated carbocycles.